The average Bonchev–Trinajstić information content (AvgIpc) is 2.67. The van der Waals surface area contributed by atoms with Gasteiger partial charge in [-0.15, -0.1) is 0 Å². The Morgan fingerprint density at radius 2 is 2.00 bits per heavy atom. The van der Waals surface area contributed by atoms with Gasteiger partial charge in [0.15, 0.2) is 5.78 Å². The predicted molar refractivity (Wildman–Crippen MR) is 116 cm³/mol. The van der Waals surface area contributed by atoms with Crippen LogP contribution >= 0.6 is 0 Å². The van der Waals surface area contributed by atoms with Crippen LogP contribution < -0.4 is 20.1 Å². The Bertz CT molecular complexity index is 830. The second-order valence-electron chi connectivity index (χ2n) is 7.76. The number of ketones is 1. The molecule has 30 heavy (non-hydrogen) atoms. The summed E-state index contributed by atoms with van der Waals surface area (Å²) in [5.41, 5.74) is 6.23. The van der Waals surface area contributed by atoms with Crippen molar-refractivity contribution in [2.75, 3.05) is 58.7 Å². The number of benzene rings is 1. The number of piperidine rings is 1. The van der Waals surface area contributed by atoms with Crippen molar-refractivity contribution in [2.45, 2.75) is 31.3 Å². The highest BCUT2D eigenvalue weighted by Gasteiger charge is 2.42. The van der Waals surface area contributed by atoms with Gasteiger partial charge in [0.05, 0.1) is 38.8 Å². The van der Waals surface area contributed by atoms with Crippen LogP contribution in [0.5, 0.6) is 11.5 Å². The fourth-order valence-corrected chi connectivity index (χ4v) is 3.88. The highest BCUT2D eigenvalue weighted by molar-refractivity contribution is 7.85. The maximum atomic E-state index is 13.0. The molecule has 1 aliphatic rings. The average molecular weight is 444 g/mol. The van der Waals surface area contributed by atoms with E-state index in [2.05, 4.69) is 0 Å². The summed E-state index contributed by atoms with van der Waals surface area (Å²) in [7, 11) is 1.78. The van der Waals surface area contributed by atoms with Gasteiger partial charge in [-0.05, 0) is 45.5 Å². The molecule has 1 aliphatic heterocycles. The third kappa shape index (κ3) is 6.56. The van der Waals surface area contributed by atoms with Gasteiger partial charge in [-0.3, -0.25) is 8.98 Å². The quantitative estimate of drug-likeness (QED) is 0.398. The van der Waals surface area contributed by atoms with Crippen LogP contribution in [0.4, 0.5) is 5.69 Å². The lowest BCUT2D eigenvalue weighted by molar-refractivity contribution is -0.125. The largest absolute Gasteiger partial charge is 0.497 e. The van der Waals surface area contributed by atoms with Crippen LogP contribution in [0.1, 0.15) is 25.7 Å². The van der Waals surface area contributed by atoms with E-state index in [4.69, 9.17) is 19.4 Å². The molecule has 0 amide bonds. The molecule has 1 atom stereocenters. The van der Waals surface area contributed by atoms with Crippen molar-refractivity contribution in [1.82, 2.24) is 4.90 Å². The van der Waals surface area contributed by atoms with Crippen molar-refractivity contribution in [1.29, 1.82) is 0 Å². The van der Waals surface area contributed by atoms with Crippen molar-refractivity contribution in [3.63, 3.8) is 0 Å². The molecule has 0 spiro atoms. The smallest absolute Gasteiger partial charge is 0.264 e. The van der Waals surface area contributed by atoms with Gasteiger partial charge in [-0.2, -0.15) is 8.42 Å². The molecule has 0 bridgehead atoms. The zero-order chi connectivity index (χ0) is 22.4. The molecule has 9 nitrogen and oxygen atoms in total. The summed E-state index contributed by atoms with van der Waals surface area (Å²) in [6.07, 6.45) is 3.74. The van der Waals surface area contributed by atoms with E-state index in [-0.39, 0.29) is 25.5 Å². The second-order valence-corrected chi connectivity index (χ2v) is 9.40. The minimum absolute atomic E-state index is 0.0379. The van der Waals surface area contributed by atoms with Crippen LogP contribution in [0.3, 0.4) is 0 Å². The van der Waals surface area contributed by atoms with Crippen molar-refractivity contribution in [2.24, 2.45) is 5.73 Å². The first-order valence-corrected chi connectivity index (χ1v) is 11.8. The fourth-order valence-electron chi connectivity index (χ4n) is 3.46. The first-order valence-electron chi connectivity index (χ1n) is 9.96. The Morgan fingerprint density at radius 3 is 2.63 bits per heavy atom. The van der Waals surface area contributed by atoms with Gasteiger partial charge in [-0.1, -0.05) is 0 Å². The molecule has 2 rings (SSSR count). The number of anilines is 1. The summed E-state index contributed by atoms with van der Waals surface area (Å²) >= 11 is 0. The lowest BCUT2D eigenvalue weighted by Gasteiger charge is -2.45. The lowest BCUT2D eigenvalue weighted by Crippen LogP contribution is -2.65. The zero-order valence-corrected chi connectivity index (χ0v) is 19.0. The topological polar surface area (TPSA) is 111 Å². The molecule has 1 saturated heterocycles. The Labute approximate surface area is 179 Å². The molecule has 2 N–H and O–H groups in total. The van der Waals surface area contributed by atoms with E-state index >= 15 is 0 Å². The van der Waals surface area contributed by atoms with Crippen molar-refractivity contribution >= 4 is 21.6 Å². The molecular weight excluding hydrogens is 410 g/mol. The number of nitrogens with zero attached hydrogens (tertiary/aromatic N) is 2. The van der Waals surface area contributed by atoms with Crippen LogP contribution in [-0.2, 0) is 19.1 Å². The van der Waals surface area contributed by atoms with Crippen LogP contribution in [0.15, 0.2) is 18.2 Å². The number of carbonyl (C=O) groups excluding carboxylic acids is 1. The number of ether oxygens (including phenoxy) is 2. The first-order chi connectivity index (χ1) is 14.1. The monoisotopic (exact) mass is 443 g/mol. The van der Waals surface area contributed by atoms with Crippen molar-refractivity contribution < 1.29 is 26.9 Å². The fraction of sp³-hybridized carbons (Fsp3) is 0.650. The highest BCUT2D eigenvalue weighted by atomic mass is 32.2. The van der Waals surface area contributed by atoms with E-state index < -0.39 is 15.8 Å². The Kier molecular flexibility index (Phi) is 8.48. The van der Waals surface area contributed by atoms with Crippen LogP contribution in [0.25, 0.3) is 0 Å². The Balaban J connectivity index is 2.24. The number of methoxy groups -OCH3 is 1. The van der Waals surface area contributed by atoms with E-state index in [1.807, 2.05) is 30.0 Å². The molecule has 0 radical (unpaired) electrons. The Hall–Kier alpha value is -1.88. The minimum atomic E-state index is -3.48. The van der Waals surface area contributed by atoms with E-state index in [1.54, 1.807) is 19.2 Å². The maximum Gasteiger partial charge on any atom is 0.264 e. The van der Waals surface area contributed by atoms with Gasteiger partial charge in [-0.25, -0.2) is 0 Å². The van der Waals surface area contributed by atoms with Crippen LogP contribution in [0.2, 0.25) is 0 Å². The first kappa shape index (κ1) is 24.4. The van der Waals surface area contributed by atoms with Gasteiger partial charge in [0, 0.05) is 19.0 Å². The Morgan fingerprint density at radius 1 is 1.27 bits per heavy atom. The summed E-state index contributed by atoms with van der Waals surface area (Å²) < 4.78 is 38.2. The van der Waals surface area contributed by atoms with E-state index in [1.165, 1.54) is 0 Å². The molecule has 1 fully saturated rings. The molecule has 1 unspecified atom stereocenters. The molecule has 0 aliphatic carbocycles. The molecule has 1 aromatic carbocycles. The molecule has 10 heteroatoms. The molecule has 1 heterocycles. The number of carbonyl (C=O) groups is 1. The molecule has 170 valence electrons. The standard InChI is InChI=1S/C20H33N3O6S/c1-22(2)15-19(24)20(21)10-5-6-11-23(20)17-14-16(27-3)8-9-18(17)28-12-7-13-29-30(4,25)26/h8-9,14H,5-7,10-13,15,21H2,1-4H3. The molecule has 0 saturated carbocycles. The SMILES string of the molecule is COc1ccc(OCCCOS(C)(=O)=O)c(N2CCCCC2(N)C(=O)CN(C)C)c1. The molecule has 1 aromatic rings. The van der Waals surface area contributed by atoms with Gasteiger partial charge < -0.3 is 25.0 Å². The number of nitrogens with two attached hydrogens (primary N) is 1. The van der Waals surface area contributed by atoms with Crippen molar-refractivity contribution in [3.8, 4) is 11.5 Å². The predicted octanol–water partition coefficient (Wildman–Crippen LogP) is 1.22. The van der Waals surface area contributed by atoms with E-state index in [0.717, 1.165) is 19.1 Å². The van der Waals surface area contributed by atoms with E-state index in [9.17, 15) is 13.2 Å². The number of hydrogen-bond acceptors (Lipinski definition) is 9. The summed E-state index contributed by atoms with van der Waals surface area (Å²) in [6, 6.07) is 5.37. The third-order valence-corrected chi connectivity index (χ3v) is 5.51. The summed E-state index contributed by atoms with van der Waals surface area (Å²) in [5, 5.41) is 0. The summed E-state index contributed by atoms with van der Waals surface area (Å²) in [4.78, 5) is 16.7. The van der Waals surface area contributed by atoms with Crippen LogP contribution in [0, 0.1) is 0 Å². The van der Waals surface area contributed by atoms with Gasteiger partial charge in [0.2, 0.25) is 0 Å². The van der Waals surface area contributed by atoms with Gasteiger partial charge >= 0.3 is 0 Å². The maximum absolute atomic E-state index is 13.0. The number of Topliss-reactive ketones (excluding diaryl/α,β-unsaturated/α-hetero) is 1. The number of rotatable bonds is 11. The van der Waals surface area contributed by atoms with E-state index in [0.29, 0.717) is 36.6 Å². The third-order valence-electron chi connectivity index (χ3n) is 4.91. The van der Waals surface area contributed by atoms with Crippen LogP contribution in [-0.4, -0.2) is 78.5 Å². The molecule has 0 aromatic heterocycles. The summed E-state index contributed by atoms with van der Waals surface area (Å²) in [5.74, 6) is 1.14. The lowest BCUT2D eigenvalue weighted by atomic mass is 9.90. The number of hydrogen-bond donors (Lipinski definition) is 1. The highest BCUT2D eigenvalue weighted by Crippen LogP contribution is 2.39. The molecular formula is C20H33N3O6S. The zero-order valence-electron chi connectivity index (χ0n) is 18.2. The van der Waals surface area contributed by atoms with Gasteiger partial charge in [0.25, 0.3) is 10.1 Å². The van der Waals surface area contributed by atoms with Gasteiger partial charge in [0.1, 0.15) is 17.2 Å². The summed E-state index contributed by atoms with van der Waals surface area (Å²) in [6.45, 7) is 1.16. The second kappa shape index (κ2) is 10.4. The minimum Gasteiger partial charge on any atom is -0.497 e. The number of likely N-dealkylation sites (N-methyl/N-ethyl adjacent to an activating group) is 1. The van der Waals surface area contributed by atoms with Crippen molar-refractivity contribution in [3.05, 3.63) is 18.2 Å². The normalized spacial score (nSPS) is 19.7.